The van der Waals surface area contributed by atoms with Gasteiger partial charge in [-0.3, -0.25) is 4.79 Å². The fourth-order valence-electron chi connectivity index (χ4n) is 3.01. The maximum absolute atomic E-state index is 12.6. The Kier molecular flexibility index (Phi) is 2.77. The van der Waals surface area contributed by atoms with Gasteiger partial charge in [0.1, 0.15) is 0 Å². The highest BCUT2D eigenvalue weighted by atomic mass is 16.2. The lowest BCUT2D eigenvalue weighted by Gasteiger charge is -2.16. The normalized spacial score (nSPS) is 25.7. The summed E-state index contributed by atoms with van der Waals surface area (Å²) in [5.74, 6) is 0.00356. The number of likely N-dealkylation sites (tertiary alicyclic amines) is 1. The van der Waals surface area contributed by atoms with Crippen LogP contribution in [-0.4, -0.2) is 45.5 Å². The summed E-state index contributed by atoms with van der Waals surface area (Å²) < 4.78 is 2.17. The molecule has 6 heteroatoms. The molecule has 1 aliphatic carbocycles. The number of hydrogen-bond acceptors (Lipinski definition) is 4. The van der Waals surface area contributed by atoms with E-state index in [9.17, 15) is 4.79 Å². The molecule has 2 atom stereocenters. The molecular weight excluding hydrogens is 266 g/mol. The first-order chi connectivity index (χ1) is 10.1. The quantitative estimate of drug-likeness (QED) is 0.840. The van der Waals surface area contributed by atoms with Crippen LogP contribution < -0.4 is 11.5 Å². The van der Waals surface area contributed by atoms with Crippen LogP contribution in [0.25, 0.3) is 11.0 Å². The van der Waals surface area contributed by atoms with Crippen LogP contribution in [0, 0.1) is 0 Å². The Bertz CT molecular complexity index is 695. The zero-order chi connectivity index (χ0) is 14.6. The van der Waals surface area contributed by atoms with Crippen LogP contribution in [-0.2, 0) is 0 Å². The van der Waals surface area contributed by atoms with Gasteiger partial charge in [0.05, 0.1) is 17.4 Å². The third-order valence-electron chi connectivity index (χ3n) is 4.46. The molecule has 110 valence electrons. The molecule has 1 aliphatic heterocycles. The maximum Gasteiger partial charge on any atom is 0.254 e. The van der Waals surface area contributed by atoms with Crippen molar-refractivity contribution in [2.24, 2.45) is 11.5 Å². The van der Waals surface area contributed by atoms with Gasteiger partial charge in [-0.2, -0.15) is 0 Å². The van der Waals surface area contributed by atoms with Gasteiger partial charge < -0.3 is 20.9 Å². The smallest absolute Gasteiger partial charge is 0.254 e. The molecule has 2 heterocycles. The Morgan fingerprint density at radius 3 is 2.57 bits per heavy atom. The molecule has 2 aromatic rings. The molecule has 1 saturated carbocycles. The first-order valence-electron chi connectivity index (χ1n) is 7.40. The summed E-state index contributed by atoms with van der Waals surface area (Å²) >= 11 is 0. The number of nitrogens with two attached hydrogens (primary N) is 2. The average Bonchev–Trinajstić information content (AvgIpc) is 3.15. The van der Waals surface area contributed by atoms with Crippen molar-refractivity contribution in [1.82, 2.24) is 14.5 Å². The Hall–Kier alpha value is -1.92. The van der Waals surface area contributed by atoms with E-state index in [-0.39, 0.29) is 18.0 Å². The van der Waals surface area contributed by atoms with Crippen LogP contribution in [0.1, 0.15) is 29.2 Å². The molecule has 1 aromatic carbocycles. The van der Waals surface area contributed by atoms with E-state index in [1.54, 1.807) is 4.90 Å². The molecular formula is C15H19N5O. The second-order valence-electron chi connectivity index (χ2n) is 6.12. The number of amides is 1. The Morgan fingerprint density at radius 1 is 1.19 bits per heavy atom. The summed E-state index contributed by atoms with van der Waals surface area (Å²) in [6.07, 6.45) is 4.26. The van der Waals surface area contributed by atoms with Crippen molar-refractivity contribution in [1.29, 1.82) is 0 Å². The lowest BCUT2D eigenvalue weighted by molar-refractivity contribution is 0.0789. The van der Waals surface area contributed by atoms with Crippen molar-refractivity contribution < 1.29 is 4.79 Å². The number of imidazole rings is 1. The van der Waals surface area contributed by atoms with Gasteiger partial charge in [-0.1, -0.05) is 0 Å². The summed E-state index contributed by atoms with van der Waals surface area (Å²) in [7, 11) is 0. The Balaban J connectivity index is 1.66. The lowest BCUT2D eigenvalue weighted by atomic mass is 10.1. The zero-order valence-electron chi connectivity index (χ0n) is 11.8. The summed E-state index contributed by atoms with van der Waals surface area (Å²) in [4.78, 5) is 18.7. The number of hydrogen-bond donors (Lipinski definition) is 2. The van der Waals surface area contributed by atoms with E-state index < -0.39 is 0 Å². The lowest BCUT2D eigenvalue weighted by Crippen LogP contribution is -2.39. The molecule has 2 fully saturated rings. The highest BCUT2D eigenvalue weighted by Crippen LogP contribution is 2.37. The van der Waals surface area contributed by atoms with E-state index in [1.165, 1.54) is 12.8 Å². The predicted octanol–water partition coefficient (Wildman–Crippen LogP) is 0.482. The van der Waals surface area contributed by atoms with Crippen molar-refractivity contribution in [2.45, 2.75) is 31.0 Å². The van der Waals surface area contributed by atoms with Crippen LogP contribution in [0.2, 0.25) is 0 Å². The molecule has 2 aliphatic rings. The molecule has 1 aromatic heterocycles. The van der Waals surface area contributed by atoms with E-state index in [0.29, 0.717) is 24.7 Å². The van der Waals surface area contributed by atoms with Crippen molar-refractivity contribution in [3.05, 3.63) is 30.1 Å². The molecule has 0 spiro atoms. The number of rotatable bonds is 2. The fourth-order valence-corrected chi connectivity index (χ4v) is 3.01. The van der Waals surface area contributed by atoms with Gasteiger partial charge in [-0.25, -0.2) is 4.98 Å². The standard InChI is InChI=1S/C15H19N5O/c16-11-6-19(7-12(11)17)15(21)9-1-4-13-14(5-9)20(8-18-13)10-2-3-10/h1,4-5,8,10-12H,2-3,6-7,16-17H2/t11-,12-/m1/s1. The van der Waals surface area contributed by atoms with Crippen LogP contribution >= 0.6 is 0 Å². The van der Waals surface area contributed by atoms with Crippen molar-refractivity contribution >= 4 is 16.9 Å². The Morgan fingerprint density at radius 2 is 1.90 bits per heavy atom. The summed E-state index contributed by atoms with van der Waals surface area (Å²) in [5.41, 5.74) is 14.5. The second-order valence-corrected chi connectivity index (χ2v) is 6.12. The second kappa shape index (κ2) is 4.54. The predicted molar refractivity (Wildman–Crippen MR) is 79.9 cm³/mol. The SMILES string of the molecule is N[C@@H]1CN(C(=O)c2ccc3ncn(C4CC4)c3c2)C[C@H]1N. The third-order valence-corrected chi connectivity index (χ3v) is 4.46. The molecule has 1 amide bonds. The molecule has 0 radical (unpaired) electrons. The highest BCUT2D eigenvalue weighted by Gasteiger charge is 2.31. The van der Waals surface area contributed by atoms with E-state index in [0.717, 1.165) is 11.0 Å². The van der Waals surface area contributed by atoms with Gasteiger partial charge in [0, 0.05) is 36.8 Å². The first-order valence-corrected chi connectivity index (χ1v) is 7.40. The van der Waals surface area contributed by atoms with Gasteiger partial charge in [0.15, 0.2) is 0 Å². The fraction of sp³-hybridized carbons (Fsp3) is 0.467. The minimum atomic E-state index is -0.130. The molecule has 1 saturated heterocycles. The number of nitrogens with zero attached hydrogens (tertiary/aromatic N) is 3. The summed E-state index contributed by atoms with van der Waals surface area (Å²) in [6, 6.07) is 5.98. The average molecular weight is 285 g/mol. The number of carbonyl (C=O) groups is 1. The van der Waals surface area contributed by atoms with Crippen LogP contribution in [0.15, 0.2) is 24.5 Å². The first kappa shape index (κ1) is 12.8. The topological polar surface area (TPSA) is 90.2 Å². The van der Waals surface area contributed by atoms with Gasteiger partial charge in [0.25, 0.3) is 5.91 Å². The minimum absolute atomic E-state index is 0.00356. The molecule has 0 unspecified atom stereocenters. The number of carbonyl (C=O) groups excluding carboxylic acids is 1. The monoisotopic (exact) mass is 285 g/mol. The summed E-state index contributed by atoms with van der Waals surface area (Å²) in [5, 5.41) is 0. The van der Waals surface area contributed by atoms with Crippen molar-refractivity contribution in [3.8, 4) is 0 Å². The third kappa shape index (κ3) is 2.11. The minimum Gasteiger partial charge on any atom is -0.335 e. The van der Waals surface area contributed by atoms with Gasteiger partial charge in [-0.15, -0.1) is 0 Å². The number of fused-ring (bicyclic) bond motifs is 1. The molecule has 21 heavy (non-hydrogen) atoms. The van der Waals surface area contributed by atoms with Gasteiger partial charge >= 0.3 is 0 Å². The maximum atomic E-state index is 12.6. The highest BCUT2D eigenvalue weighted by molar-refractivity contribution is 5.97. The Labute approximate surface area is 122 Å². The van der Waals surface area contributed by atoms with E-state index in [4.69, 9.17) is 11.5 Å². The van der Waals surface area contributed by atoms with Gasteiger partial charge in [-0.05, 0) is 31.0 Å². The molecule has 4 N–H and O–H groups in total. The summed E-state index contributed by atoms with van der Waals surface area (Å²) in [6.45, 7) is 1.06. The van der Waals surface area contributed by atoms with Gasteiger partial charge in [0.2, 0.25) is 0 Å². The molecule has 6 nitrogen and oxygen atoms in total. The van der Waals surface area contributed by atoms with Crippen LogP contribution in [0.4, 0.5) is 0 Å². The van der Waals surface area contributed by atoms with Crippen molar-refractivity contribution in [2.75, 3.05) is 13.1 Å². The number of benzene rings is 1. The van der Waals surface area contributed by atoms with Crippen LogP contribution in [0.3, 0.4) is 0 Å². The van der Waals surface area contributed by atoms with Crippen LogP contribution in [0.5, 0.6) is 0 Å². The molecule has 0 bridgehead atoms. The molecule has 4 rings (SSSR count). The van der Waals surface area contributed by atoms with E-state index in [1.807, 2.05) is 24.5 Å². The van der Waals surface area contributed by atoms with E-state index >= 15 is 0 Å². The largest absolute Gasteiger partial charge is 0.335 e. The zero-order valence-corrected chi connectivity index (χ0v) is 11.8. The van der Waals surface area contributed by atoms with Crippen molar-refractivity contribution in [3.63, 3.8) is 0 Å². The number of aromatic nitrogens is 2. The van der Waals surface area contributed by atoms with E-state index in [2.05, 4.69) is 9.55 Å².